The van der Waals surface area contributed by atoms with Gasteiger partial charge in [-0.15, -0.1) is 0 Å². The van der Waals surface area contributed by atoms with E-state index in [9.17, 15) is 19.2 Å². The van der Waals surface area contributed by atoms with Crippen LogP contribution >= 0.6 is 0 Å². The molecule has 0 aromatic carbocycles. The van der Waals surface area contributed by atoms with Gasteiger partial charge in [0.15, 0.2) is 0 Å². The Morgan fingerprint density at radius 2 is 0.903 bits per heavy atom. The van der Waals surface area contributed by atoms with Gasteiger partial charge in [0.1, 0.15) is 6.29 Å². The lowest BCUT2D eigenvalue weighted by molar-refractivity contribution is -0.140. The first-order valence-corrected chi connectivity index (χ1v) is 10.6. The second kappa shape index (κ2) is 16.6. The van der Waals surface area contributed by atoms with Crippen LogP contribution in [0.4, 0.5) is 0 Å². The molecule has 0 aromatic rings. The zero-order chi connectivity index (χ0) is 23.8. The maximum Gasteiger partial charge on any atom is 0.317 e. The number of aliphatic carboxylic acids is 3. The van der Waals surface area contributed by atoms with Crippen molar-refractivity contribution in [3.63, 3.8) is 0 Å². The highest BCUT2D eigenvalue weighted by molar-refractivity contribution is 5.69. The number of carbonyl (C=O) groups is 4. The number of carboxylic acid groups (broad SMARTS) is 3. The SMILES string of the molecule is CC(C)C=O.CCN1CCN(CC(=O)O)CCN(CC(=O)O)CCN(CC(=O)O)CC1. The molecule has 1 aliphatic rings. The van der Waals surface area contributed by atoms with E-state index >= 15 is 0 Å². The molecule has 1 fully saturated rings. The van der Waals surface area contributed by atoms with Crippen molar-refractivity contribution in [1.82, 2.24) is 19.6 Å². The first kappa shape index (κ1) is 28.9. The molecule has 0 bridgehead atoms. The van der Waals surface area contributed by atoms with Gasteiger partial charge in [0.05, 0.1) is 19.6 Å². The second-order valence-corrected chi connectivity index (χ2v) is 7.82. The van der Waals surface area contributed by atoms with Gasteiger partial charge in [-0.25, -0.2) is 0 Å². The summed E-state index contributed by atoms with van der Waals surface area (Å²) in [6.07, 6.45) is 0.917. The van der Waals surface area contributed by atoms with E-state index in [1.165, 1.54) is 0 Å². The first-order valence-electron chi connectivity index (χ1n) is 10.6. The third-order valence-electron chi connectivity index (χ3n) is 4.73. The number of likely N-dealkylation sites (N-methyl/N-ethyl adjacent to an activating group) is 1. The third kappa shape index (κ3) is 16.3. The Kier molecular flexibility index (Phi) is 15.5. The van der Waals surface area contributed by atoms with Crippen molar-refractivity contribution in [1.29, 1.82) is 0 Å². The quantitative estimate of drug-likeness (QED) is 0.408. The van der Waals surface area contributed by atoms with Crippen molar-refractivity contribution < 1.29 is 34.5 Å². The maximum absolute atomic E-state index is 11.1. The fraction of sp³-hybridized carbons (Fsp3) is 0.800. The highest BCUT2D eigenvalue weighted by Gasteiger charge is 2.19. The lowest BCUT2D eigenvalue weighted by atomic mass is 10.3. The van der Waals surface area contributed by atoms with Crippen LogP contribution in [0.3, 0.4) is 0 Å². The van der Waals surface area contributed by atoms with Crippen molar-refractivity contribution in [2.24, 2.45) is 5.92 Å². The molecule has 1 saturated heterocycles. The summed E-state index contributed by atoms with van der Waals surface area (Å²) in [5.41, 5.74) is 0. The van der Waals surface area contributed by atoms with E-state index in [0.717, 1.165) is 12.8 Å². The van der Waals surface area contributed by atoms with Crippen LogP contribution < -0.4 is 0 Å². The maximum atomic E-state index is 11.1. The molecule has 0 radical (unpaired) electrons. The van der Waals surface area contributed by atoms with Crippen molar-refractivity contribution >= 4 is 24.2 Å². The molecule has 0 aromatic heterocycles. The molecule has 0 unspecified atom stereocenters. The standard InChI is InChI=1S/C16H30N4O6.C4H8O/c1-2-17-3-5-18(11-14(21)22)7-9-20(13-16(25)26)10-8-19(6-4-17)12-15(23)24;1-4(2)3-5/h2-13H2,1H3,(H,21,22)(H,23,24)(H,25,26);3-4H,1-2H3. The molecule has 0 aliphatic carbocycles. The Hall–Kier alpha value is -2.08. The Morgan fingerprint density at radius 3 is 1.06 bits per heavy atom. The van der Waals surface area contributed by atoms with Crippen molar-refractivity contribution in [2.75, 3.05) is 78.5 Å². The number of hydrogen-bond acceptors (Lipinski definition) is 8. The number of carbonyl (C=O) groups excluding carboxylic acids is 1. The van der Waals surface area contributed by atoms with E-state index in [1.807, 2.05) is 30.6 Å². The average Bonchev–Trinajstić information content (AvgIpc) is 2.67. The molecular weight excluding hydrogens is 408 g/mol. The minimum atomic E-state index is -0.955. The van der Waals surface area contributed by atoms with Crippen molar-refractivity contribution in [3.05, 3.63) is 0 Å². The highest BCUT2D eigenvalue weighted by Crippen LogP contribution is 2.01. The fourth-order valence-corrected chi connectivity index (χ4v) is 2.94. The van der Waals surface area contributed by atoms with E-state index in [0.29, 0.717) is 52.4 Å². The predicted octanol–water partition coefficient (Wildman–Crippen LogP) is -0.677. The number of carboxylic acids is 3. The summed E-state index contributed by atoms with van der Waals surface area (Å²) in [4.78, 5) is 50.3. The van der Waals surface area contributed by atoms with Crippen molar-refractivity contribution in [2.45, 2.75) is 20.8 Å². The summed E-state index contributed by atoms with van der Waals surface area (Å²) in [5, 5.41) is 27.2. The molecule has 0 saturated carbocycles. The lowest BCUT2D eigenvalue weighted by Crippen LogP contribution is -2.48. The number of nitrogens with zero attached hydrogens (tertiary/aromatic N) is 4. The van der Waals surface area contributed by atoms with Gasteiger partial charge in [0, 0.05) is 58.3 Å². The van der Waals surface area contributed by atoms with Gasteiger partial charge < -0.3 is 25.0 Å². The summed E-state index contributed by atoms with van der Waals surface area (Å²) in [6.45, 7) is 10.5. The molecule has 0 spiro atoms. The Balaban J connectivity index is 0.00000161. The molecular formula is C20H38N4O7. The molecule has 31 heavy (non-hydrogen) atoms. The predicted molar refractivity (Wildman–Crippen MR) is 115 cm³/mol. The molecule has 1 rings (SSSR count). The largest absolute Gasteiger partial charge is 0.480 e. The van der Waals surface area contributed by atoms with Crippen molar-refractivity contribution in [3.8, 4) is 0 Å². The van der Waals surface area contributed by atoms with E-state index < -0.39 is 17.9 Å². The molecule has 3 N–H and O–H groups in total. The number of rotatable bonds is 8. The summed E-state index contributed by atoms with van der Waals surface area (Å²) in [5.74, 6) is -2.56. The van der Waals surface area contributed by atoms with Gasteiger partial charge >= 0.3 is 17.9 Å². The lowest BCUT2D eigenvalue weighted by Gasteiger charge is -2.32. The van der Waals surface area contributed by atoms with E-state index in [-0.39, 0.29) is 25.6 Å². The number of aldehydes is 1. The van der Waals surface area contributed by atoms with Crippen LogP contribution in [0.1, 0.15) is 20.8 Å². The monoisotopic (exact) mass is 446 g/mol. The zero-order valence-electron chi connectivity index (χ0n) is 18.9. The van der Waals surface area contributed by atoms with Gasteiger partial charge in [0.2, 0.25) is 0 Å². The molecule has 11 nitrogen and oxygen atoms in total. The highest BCUT2D eigenvalue weighted by atomic mass is 16.4. The summed E-state index contributed by atoms with van der Waals surface area (Å²) in [7, 11) is 0. The van der Waals surface area contributed by atoms with E-state index in [1.54, 1.807) is 4.90 Å². The fourth-order valence-electron chi connectivity index (χ4n) is 2.94. The summed E-state index contributed by atoms with van der Waals surface area (Å²) < 4.78 is 0. The van der Waals surface area contributed by atoms with Gasteiger partial charge in [-0.1, -0.05) is 20.8 Å². The van der Waals surface area contributed by atoms with Gasteiger partial charge in [-0.3, -0.25) is 29.1 Å². The first-order chi connectivity index (χ1) is 14.6. The van der Waals surface area contributed by atoms with E-state index in [4.69, 9.17) is 15.3 Å². The topological polar surface area (TPSA) is 142 Å². The van der Waals surface area contributed by atoms with Crippen LogP contribution in [-0.4, -0.2) is 138 Å². The molecule has 1 heterocycles. The van der Waals surface area contributed by atoms with Gasteiger partial charge in [-0.05, 0) is 6.54 Å². The van der Waals surface area contributed by atoms with E-state index in [2.05, 4.69) is 4.90 Å². The van der Waals surface area contributed by atoms with Gasteiger partial charge in [0.25, 0.3) is 0 Å². The van der Waals surface area contributed by atoms with Crippen LogP contribution in [0.15, 0.2) is 0 Å². The number of hydrogen-bond donors (Lipinski definition) is 3. The molecule has 0 amide bonds. The minimum absolute atomic E-state index is 0.0798. The smallest absolute Gasteiger partial charge is 0.317 e. The van der Waals surface area contributed by atoms with Crippen LogP contribution in [-0.2, 0) is 19.2 Å². The average molecular weight is 447 g/mol. The van der Waals surface area contributed by atoms with Crippen LogP contribution in [0.5, 0.6) is 0 Å². The molecule has 1 aliphatic heterocycles. The molecule has 180 valence electrons. The molecule has 11 heteroatoms. The van der Waals surface area contributed by atoms with Gasteiger partial charge in [-0.2, -0.15) is 0 Å². The zero-order valence-corrected chi connectivity index (χ0v) is 18.9. The van der Waals surface area contributed by atoms with Crippen LogP contribution in [0.25, 0.3) is 0 Å². The molecule has 0 atom stereocenters. The Labute approximate surface area is 184 Å². The third-order valence-corrected chi connectivity index (χ3v) is 4.73. The van der Waals surface area contributed by atoms with Crippen LogP contribution in [0.2, 0.25) is 0 Å². The normalized spacial score (nSPS) is 18.3. The Bertz CT molecular complexity index is 528. The second-order valence-electron chi connectivity index (χ2n) is 7.82. The Morgan fingerprint density at radius 1 is 0.677 bits per heavy atom. The summed E-state index contributed by atoms with van der Waals surface area (Å²) >= 11 is 0. The summed E-state index contributed by atoms with van der Waals surface area (Å²) in [6, 6.07) is 0. The minimum Gasteiger partial charge on any atom is -0.480 e. The van der Waals surface area contributed by atoms with Crippen LogP contribution in [0, 0.1) is 5.92 Å².